The van der Waals surface area contributed by atoms with Crippen molar-refractivity contribution in [2.24, 2.45) is 0 Å². The van der Waals surface area contributed by atoms with Gasteiger partial charge in [0.05, 0.1) is 23.4 Å². The average molecular weight is 376 g/mol. The van der Waals surface area contributed by atoms with Gasteiger partial charge in [-0.1, -0.05) is 36.2 Å². The van der Waals surface area contributed by atoms with Gasteiger partial charge in [0.2, 0.25) is 0 Å². The Hall–Kier alpha value is -2.53. The predicted octanol–water partition coefficient (Wildman–Crippen LogP) is 4.54. The molecule has 0 saturated heterocycles. The van der Waals surface area contributed by atoms with Crippen LogP contribution in [0.2, 0.25) is 5.02 Å². The summed E-state index contributed by atoms with van der Waals surface area (Å²) < 4.78 is 10.6. The number of hydrogen-bond acceptors (Lipinski definition) is 4. The SMILES string of the molecule is CC[C@H](Oc1ccc(C)cc1C)C(=O)Nc1cc(C(=O)OC)ccc1Cl. The van der Waals surface area contributed by atoms with E-state index in [1.807, 2.05) is 39.0 Å². The molecule has 1 N–H and O–H groups in total. The van der Waals surface area contributed by atoms with Gasteiger partial charge in [-0.2, -0.15) is 0 Å². The number of ether oxygens (including phenoxy) is 2. The van der Waals surface area contributed by atoms with Crippen LogP contribution in [0.5, 0.6) is 5.75 Å². The topological polar surface area (TPSA) is 64.6 Å². The van der Waals surface area contributed by atoms with Crippen LogP contribution in [0.1, 0.15) is 34.8 Å². The first-order chi connectivity index (χ1) is 12.3. The number of benzene rings is 2. The predicted molar refractivity (Wildman–Crippen MR) is 102 cm³/mol. The third-order valence-electron chi connectivity index (χ3n) is 3.91. The van der Waals surface area contributed by atoms with Gasteiger partial charge in [-0.25, -0.2) is 4.79 Å². The molecule has 2 rings (SSSR count). The normalized spacial score (nSPS) is 11.6. The molecule has 138 valence electrons. The number of halogens is 1. The molecule has 0 aliphatic heterocycles. The summed E-state index contributed by atoms with van der Waals surface area (Å²) in [5.74, 6) is -0.181. The third kappa shape index (κ3) is 4.76. The van der Waals surface area contributed by atoms with Gasteiger partial charge in [0.25, 0.3) is 5.91 Å². The van der Waals surface area contributed by atoms with Crippen LogP contribution in [0, 0.1) is 13.8 Å². The molecule has 0 aromatic heterocycles. The Balaban J connectivity index is 2.17. The summed E-state index contributed by atoms with van der Waals surface area (Å²) in [7, 11) is 1.29. The second-order valence-electron chi connectivity index (χ2n) is 5.96. The smallest absolute Gasteiger partial charge is 0.337 e. The molecular formula is C20H22ClNO4. The molecule has 0 spiro atoms. The van der Waals surface area contributed by atoms with Crippen molar-refractivity contribution in [3.8, 4) is 5.75 Å². The number of anilines is 1. The number of carbonyl (C=O) groups is 2. The summed E-state index contributed by atoms with van der Waals surface area (Å²) >= 11 is 6.13. The zero-order valence-corrected chi connectivity index (χ0v) is 16.0. The second kappa shape index (κ2) is 8.72. The molecule has 2 aromatic carbocycles. The van der Waals surface area contributed by atoms with Gasteiger partial charge < -0.3 is 14.8 Å². The largest absolute Gasteiger partial charge is 0.480 e. The number of methoxy groups -OCH3 is 1. The van der Waals surface area contributed by atoms with Crippen LogP contribution < -0.4 is 10.1 Å². The van der Waals surface area contributed by atoms with Crippen LogP contribution in [0.4, 0.5) is 5.69 Å². The summed E-state index contributed by atoms with van der Waals surface area (Å²) in [6.07, 6.45) is -0.206. The zero-order valence-electron chi connectivity index (χ0n) is 15.3. The summed E-state index contributed by atoms with van der Waals surface area (Å²) in [5, 5.41) is 3.05. The number of nitrogens with one attached hydrogen (secondary N) is 1. The summed E-state index contributed by atoms with van der Waals surface area (Å²) in [5.41, 5.74) is 2.72. The van der Waals surface area contributed by atoms with Crippen molar-refractivity contribution in [3.63, 3.8) is 0 Å². The molecule has 0 saturated carbocycles. The van der Waals surface area contributed by atoms with Gasteiger partial charge in [-0.05, 0) is 50.1 Å². The van der Waals surface area contributed by atoms with E-state index in [1.54, 1.807) is 0 Å². The van der Waals surface area contributed by atoms with Crippen LogP contribution in [0.3, 0.4) is 0 Å². The van der Waals surface area contributed by atoms with E-state index in [9.17, 15) is 9.59 Å². The van der Waals surface area contributed by atoms with E-state index in [1.165, 1.54) is 25.3 Å². The zero-order chi connectivity index (χ0) is 19.3. The maximum absolute atomic E-state index is 12.6. The van der Waals surface area contributed by atoms with E-state index in [0.717, 1.165) is 11.1 Å². The lowest BCUT2D eigenvalue weighted by molar-refractivity contribution is -0.122. The molecule has 1 amide bonds. The summed E-state index contributed by atoms with van der Waals surface area (Å²) in [4.78, 5) is 24.3. The van der Waals surface area contributed by atoms with Gasteiger partial charge in [0, 0.05) is 0 Å². The van der Waals surface area contributed by atoms with Crippen LogP contribution in [-0.4, -0.2) is 25.1 Å². The molecule has 2 aromatic rings. The summed E-state index contributed by atoms with van der Waals surface area (Å²) in [6, 6.07) is 10.3. The van der Waals surface area contributed by atoms with E-state index in [0.29, 0.717) is 28.4 Å². The Kier molecular flexibility index (Phi) is 6.64. The van der Waals surface area contributed by atoms with Gasteiger partial charge in [-0.3, -0.25) is 4.79 Å². The molecule has 0 heterocycles. The molecule has 0 fully saturated rings. The highest BCUT2D eigenvalue weighted by molar-refractivity contribution is 6.33. The lowest BCUT2D eigenvalue weighted by atomic mass is 10.1. The minimum absolute atomic E-state index is 0.301. The average Bonchev–Trinajstić information content (AvgIpc) is 2.62. The highest BCUT2D eigenvalue weighted by Crippen LogP contribution is 2.25. The van der Waals surface area contributed by atoms with Gasteiger partial charge in [0.1, 0.15) is 5.75 Å². The molecule has 6 heteroatoms. The Morgan fingerprint density at radius 1 is 1.15 bits per heavy atom. The molecule has 0 aliphatic carbocycles. The standard InChI is InChI=1S/C20H22ClNO4/c1-5-17(26-18-9-6-12(2)10-13(18)3)19(23)22-16-11-14(20(24)25-4)7-8-15(16)21/h6-11,17H,5H2,1-4H3,(H,22,23)/t17-/m0/s1. The monoisotopic (exact) mass is 375 g/mol. The maximum atomic E-state index is 12.6. The molecule has 0 unspecified atom stereocenters. The number of hydrogen-bond donors (Lipinski definition) is 1. The van der Waals surface area contributed by atoms with Gasteiger partial charge in [0.15, 0.2) is 6.10 Å². The number of rotatable bonds is 6. The van der Waals surface area contributed by atoms with E-state index in [4.69, 9.17) is 16.3 Å². The fraction of sp³-hybridized carbons (Fsp3) is 0.300. The van der Waals surface area contributed by atoms with E-state index < -0.39 is 12.1 Å². The number of carbonyl (C=O) groups excluding carboxylic acids is 2. The van der Waals surface area contributed by atoms with Crippen molar-refractivity contribution in [2.75, 3.05) is 12.4 Å². The van der Waals surface area contributed by atoms with E-state index in [2.05, 4.69) is 10.1 Å². The molecule has 0 aliphatic rings. The Morgan fingerprint density at radius 3 is 2.50 bits per heavy atom. The number of aryl methyl sites for hydroxylation is 2. The van der Waals surface area contributed by atoms with E-state index in [-0.39, 0.29) is 5.91 Å². The van der Waals surface area contributed by atoms with Crippen molar-refractivity contribution >= 4 is 29.2 Å². The molecule has 5 nitrogen and oxygen atoms in total. The lowest BCUT2D eigenvalue weighted by Gasteiger charge is -2.19. The minimum Gasteiger partial charge on any atom is -0.480 e. The van der Waals surface area contributed by atoms with Crippen LogP contribution in [0.25, 0.3) is 0 Å². The third-order valence-corrected chi connectivity index (χ3v) is 4.24. The maximum Gasteiger partial charge on any atom is 0.337 e. The van der Waals surface area contributed by atoms with Crippen molar-refractivity contribution in [1.29, 1.82) is 0 Å². The highest BCUT2D eigenvalue weighted by Gasteiger charge is 2.21. The van der Waals surface area contributed by atoms with Crippen molar-refractivity contribution < 1.29 is 19.1 Å². The first-order valence-corrected chi connectivity index (χ1v) is 8.66. The van der Waals surface area contributed by atoms with Crippen molar-refractivity contribution in [3.05, 3.63) is 58.1 Å². The van der Waals surface area contributed by atoms with Crippen molar-refractivity contribution in [1.82, 2.24) is 0 Å². The van der Waals surface area contributed by atoms with Crippen molar-refractivity contribution in [2.45, 2.75) is 33.3 Å². The Labute approximate surface area is 158 Å². The molecular weight excluding hydrogens is 354 g/mol. The quantitative estimate of drug-likeness (QED) is 0.753. The molecule has 1 atom stereocenters. The van der Waals surface area contributed by atoms with E-state index >= 15 is 0 Å². The van der Waals surface area contributed by atoms with Gasteiger partial charge >= 0.3 is 5.97 Å². The molecule has 0 bridgehead atoms. The number of amides is 1. The second-order valence-corrected chi connectivity index (χ2v) is 6.37. The van der Waals surface area contributed by atoms with Crippen LogP contribution >= 0.6 is 11.6 Å². The first kappa shape index (κ1) is 19.8. The Bertz CT molecular complexity index is 819. The molecule has 0 radical (unpaired) electrons. The summed E-state index contributed by atoms with van der Waals surface area (Å²) in [6.45, 7) is 5.79. The van der Waals surface area contributed by atoms with Crippen LogP contribution in [-0.2, 0) is 9.53 Å². The fourth-order valence-electron chi connectivity index (χ4n) is 2.49. The Morgan fingerprint density at radius 2 is 1.88 bits per heavy atom. The first-order valence-electron chi connectivity index (χ1n) is 8.28. The lowest BCUT2D eigenvalue weighted by Crippen LogP contribution is -2.32. The fourth-order valence-corrected chi connectivity index (χ4v) is 2.65. The minimum atomic E-state index is -0.686. The van der Waals surface area contributed by atoms with Crippen LogP contribution in [0.15, 0.2) is 36.4 Å². The number of esters is 1. The van der Waals surface area contributed by atoms with Gasteiger partial charge in [-0.15, -0.1) is 0 Å². The molecule has 26 heavy (non-hydrogen) atoms. The highest BCUT2D eigenvalue weighted by atomic mass is 35.5.